The zero-order valence-electron chi connectivity index (χ0n) is 10.1. The van der Waals surface area contributed by atoms with Gasteiger partial charge in [-0.05, 0) is 37.0 Å². The normalized spacial score (nSPS) is 17.6. The van der Waals surface area contributed by atoms with Gasteiger partial charge < -0.3 is 15.7 Å². The second kappa shape index (κ2) is 5.71. The first-order valence-corrected chi connectivity index (χ1v) is 6.91. The Morgan fingerprint density at radius 1 is 1.33 bits per heavy atom. The Morgan fingerprint density at radius 3 is 2.56 bits per heavy atom. The van der Waals surface area contributed by atoms with E-state index in [9.17, 15) is 4.79 Å². The van der Waals surface area contributed by atoms with Crippen LogP contribution in [-0.2, 0) is 4.79 Å². The van der Waals surface area contributed by atoms with Crippen molar-refractivity contribution in [3.63, 3.8) is 0 Å². The van der Waals surface area contributed by atoms with Gasteiger partial charge in [-0.2, -0.15) is 0 Å². The molecule has 0 aromatic heterocycles. The van der Waals surface area contributed by atoms with Crippen LogP contribution in [0.3, 0.4) is 0 Å². The molecule has 1 aliphatic heterocycles. The highest BCUT2D eigenvalue weighted by atomic mass is 79.9. The summed E-state index contributed by atoms with van der Waals surface area (Å²) in [7, 11) is 0. The molecule has 1 aromatic carbocycles. The van der Waals surface area contributed by atoms with Gasteiger partial charge in [0.05, 0.1) is 0 Å². The quantitative estimate of drug-likeness (QED) is 0.900. The Bertz CT molecular complexity index is 445. The Morgan fingerprint density at radius 2 is 2.00 bits per heavy atom. The van der Waals surface area contributed by atoms with E-state index in [0.29, 0.717) is 5.56 Å². The first kappa shape index (κ1) is 13.4. The predicted molar refractivity (Wildman–Crippen MR) is 74.8 cm³/mol. The maximum atomic E-state index is 10.9. The van der Waals surface area contributed by atoms with E-state index in [-0.39, 0.29) is 0 Å². The molecule has 2 rings (SSSR count). The molecule has 0 saturated carbocycles. The van der Waals surface area contributed by atoms with E-state index in [1.54, 1.807) is 6.07 Å². The van der Waals surface area contributed by atoms with Crippen molar-refractivity contribution < 1.29 is 9.90 Å². The molecule has 1 atom stereocenters. The van der Waals surface area contributed by atoms with Crippen LogP contribution in [0.2, 0.25) is 0 Å². The fraction of sp³-hybridized carbons (Fsp3) is 0.462. The van der Waals surface area contributed by atoms with Crippen molar-refractivity contribution in [2.45, 2.75) is 25.3 Å². The third kappa shape index (κ3) is 2.84. The highest BCUT2D eigenvalue weighted by Gasteiger charge is 2.18. The van der Waals surface area contributed by atoms with Crippen molar-refractivity contribution >= 4 is 27.6 Å². The van der Waals surface area contributed by atoms with E-state index in [0.717, 1.165) is 23.2 Å². The lowest BCUT2D eigenvalue weighted by atomic mass is 10.1. The topological polar surface area (TPSA) is 66.6 Å². The van der Waals surface area contributed by atoms with E-state index in [2.05, 4.69) is 20.8 Å². The largest absolute Gasteiger partial charge is 0.480 e. The van der Waals surface area contributed by atoms with Crippen molar-refractivity contribution in [2.24, 2.45) is 5.73 Å². The number of hydrogen-bond acceptors (Lipinski definition) is 3. The lowest BCUT2D eigenvalue weighted by molar-refractivity contribution is -0.138. The summed E-state index contributed by atoms with van der Waals surface area (Å²) in [6.07, 6.45) is 3.72. The van der Waals surface area contributed by atoms with Gasteiger partial charge in [-0.1, -0.05) is 22.0 Å². The molecule has 1 saturated heterocycles. The zero-order chi connectivity index (χ0) is 13.1. The molecule has 18 heavy (non-hydrogen) atoms. The van der Waals surface area contributed by atoms with Crippen LogP contribution in [0, 0.1) is 0 Å². The molecule has 1 heterocycles. The van der Waals surface area contributed by atoms with Gasteiger partial charge in [-0.3, -0.25) is 4.79 Å². The lowest BCUT2D eigenvalue weighted by Gasteiger charge is -2.29. The van der Waals surface area contributed by atoms with Crippen molar-refractivity contribution in [1.82, 2.24) is 0 Å². The number of anilines is 1. The monoisotopic (exact) mass is 312 g/mol. The number of rotatable bonds is 3. The average molecular weight is 313 g/mol. The lowest BCUT2D eigenvalue weighted by Crippen LogP contribution is -2.29. The minimum Gasteiger partial charge on any atom is -0.480 e. The number of piperidine rings is 1. The predicted octanol–water partition coefficient (Wildman–Crippen LogP) is 2.52. The van der Waals surface area contributed by atoms with Crippen molar-refractivity contribution in [3.05, 3.63) is 28.2 Å². The van der Waals surface area contributed by atoms with Gasteiger partial charge in [-0.15, -0.1) is 0 Å². The van der Waals surface area contributed by atoms with Gasteiger partial charge in [0.15, 0.2) is 0 Å². The molecule has 0 spiro atoms. The number of carboxylic acids is 1. The fourth-order valence-electron chi connectivity index (χ4n) is 2.25. The van der Waals surface area contributed by atoms with Gasteiger partial charge in [0.1, 0.15) is 6.04 Å². The number of benzene rings is 1. The van der Waals surface area contributed by atoms with E-state index in [1.807, 2.05) is 12.1 Å². The van der Waals surface area contributed by atoms with Crippen LogP contribution in [0.1, 0.15) is 30.9 Å². The molecule has 0 amide bonds. The minimum atomic E-state index is -1.01. The van der Waals surface area contributed by atoms with Gasteiger partial charge in [-0.25, -0.2) is 0 Å². The molecule has 0 bridgehead atoms. The summed E-state index contributed by atoms with van der Waals surface area (Å²) in [5, 5.41) is 8.92. The van der Waals surface area contributed by atoms with Crippen LogP contribution in [0.4, 0.5) is 5.69 Å². The number of carbonyl (C=O) groups is 1. The van der Waals surface area contributed by atoms with Crippen LogP contribution < -0.4 is 10.6 Å². The molecule has 4 nitrogen and oxygen atoms in total. The van der Waals surface area contributed by atoms with Crippen molar-refractivity contribution in [2.75, 3.05) is 18.0 Å². The summed E-state index contributed by atoms with van der Waals surface area (Å²) in [5.41, 5.74) is 7.37. The number of nitrogens with zero attached hydrogens (tertiary/aromatic N) is 1. The summed E-state index contributed by atoms with van der Waals surface area (Å²) < 4.78 is 0.764. The number of nitrogens with two attached hydrogens (primary N) is 1. The summed E-state index contributed by atoms with van der Waals surface area (Å²) in [6.45, 7) is 2.13. The van der Waals surface area contributed by atoms with E-state index in [1.165, 1.54) is 19.3 Å². The summed E-state index contributed by atoms with van der Waals surface area (Å²) in [4.78, 5) is 13.2. The number of halogens is 1. The molecule has 1 fully saturated rings. The SMILES string of the molecule is N[C@H](C(=O)O)c1ccc(N2CCCCC2)cc1Br. The Hall–Kier alpha value is -1.07. The van der Waals surface area contributed by atoms with E-state index < -0.39 is 12.0 Å². The number of hydrogen-bond donors (Lipinski definition) is 2. The van der Waals surface area contributed by atoms with Crippen molar-refractivity contribution in [1.29, 1.82) is 0 Å². The first-order chi connectivity index (χ1) is 8.59. The minimum absolute atomic E-state index is 0.614. The standard InChI is InChI=1S/C13H17BrN2O2/c14-11-8-9(16-6-2-1-3-7-16)4-5-10(11)12(15)13(17)18/h4-5,8,12H,1-3,6-7,15H2,(H,17,18)/t12-/m0/s1. The summed E-state index contributed by atoms with van der Waals surface area (Å²) >= 11 is 3.41. The molecule has 1 aliphatic rings. The molecule has 5 heteroatoms. The third-order valence-corrected chi connectivity index (χ3v) is 3.99. The molecular weight excluding hydrogens is 296 g/mol. The Labute approximate surface area is 115 Å². The maximum Gasteiger partial charge on any atom is 0.325 e. The van der Waals surface area contributed by atoms with Gasteiger partial charge in [0.2, 0.25) is 0 Å². The van der Waals surface area contributed by atoms with Gasteiger partial charge >= 0.3 is 5.97 Å². The maximum absolute atomic E-state index is 10.9. The highest BCUT2D eigenvalue weighted by molar-refractivity contribution is 9.10. The second-order valence-electron chi connectivity index (χ2n) is 4.57. The summed E-state index contributed by atoms with van der Waals surface area (Å²) in [5.74, 6) is -1.01. The molecule has 1 aromatic rings. The average Bonchev–Trinajstić information content (AvgIpc) is 2.38. The number of aliphatic carboxylic acids is 1. The summed E-state index contributed by atoms with van der Waals surface area (Å²) in [6, 6.07) is 4.74. The Kier molecular flexibility index (Phi) is 4.24. The van der Waals surface area contributed by atoms with E-state index in [4.69, 9.17) is 10.8 Å². The third-order valence-electron chi connectivity index (χ3n) is 3.31. The van der Waals surface area contributed by atoms with Crippen LogP contribution in [0.5, 0.6) is 0 Å². The van der Waals surface area contributed by atoms with Gasteiger partial charge in [0, 0.05) is 23.2 Å². The van der Waals surface area contributed by atoms with Crippen LogP contribution in [-0.4, -0.2) is 24.2 Å². The van der Waals surface area contributed by atoms with E-state index >= 15 is 0 Å². The number of carboxylic acid groups (broad SMARTS) is 1. The fourth-order valence-corrected chi connectivity index (χ4v) is 2.86. The van der Waals surface area contributed by atoms with Crippen molar-refractivity contribution in [3.8, 4) is 0 Å². The molecular formula is C13H17BrN2O2. The molecule has 0 unspecified atom stereocenters. The first-order valence-electron chi connectivity index (χ1n) is 6.12. The zero-order valence-corrected chi connectivity index (χ0v) is 11.7. The van der Waals surface area contributed by atoms with Gasteiger partial charge in [0.25, 0.3) is 0 Å². The highest BCUT2D eigenvalue weighted by Crippen LogP contribution is 2.29. The molecule has 0 aliphatic carbocycles. The second-order valence-corrected chi connectivity index (χ2v) is 5.42. The smallest absolute Gasteiger partial charge is 0.325 e. The molecule has 98 valence electrons. The van der Waals surface area contributed by atoms with Crippen LogP contribution in [0.15, 0.2) is 22.7 Å². The molecule has 0 radical (unpaired) electrons. The molecule has 3 N–H and O–H groups in total. The van der Waals surface area contributed by atoms with Crippen LogP contribution >= 0.6 is 15.9 Å². The Balaban J connectivity index is 2.21. The van der Waals surface area contributed by atoms with Crippen LogP contribution in [0.25, 0.3) is 0 Å².